The Morgan fingerprint density at radius 2 is 2.12 bits per heavy atom. The normalized spacial score (nSPS) is 13.5. The van der Waals surface area contributed by atoms with Gasteiger partial charge in [0.25, 0.3) is 0 Å². The van der Waals surface area contributed by atoms with E-state index in [1.807, 2.05) is 24.3 Å². The van der Waals surface area contributed by atoms with E-state index >= 15 is 0 Å². The third-order valence-corrected chi connectivity index (χ3v) is 6.67. The number of hydrogen-bond acceptors (Lipinski definition) is 9. The van der Waals surface area contributed by atoms with Gasteiger partial charge in [-0.25, -0.2) is 4.98 Å². The Morgan fingerprint density at radius 1 is 1.19 bits per heavy atom. The van der Waals surface area contributed by atoms with Crippen LogP contribution in [-0.4, -0.2) is 35.7 Å². The van der Waals surface area contributed by atoms with Crippen LogP contribution in [0.3, 0.4) is 0 Å². The second kappa shape index (κ2) is 7.84. The molecule has 5 aromatic rings. The van der Waals surface area contributed by atoms with E-state index in [1.165, 1.54) is 23.1 Å². The first-order valence-electron chi connectivity index (χ1n) is 9.91. The highest BCUT2D eigenvalue weighted by atomic mass is 32.2. The Balaban J connectivity index is 1.25. The largest absolute Gasteiger partial charge is 0.436 e. The summed E-state index contributed by atoms with van der Waals surface area (Å²) < 4.78 is 8.41. The van der Waals surface area contributed by atoms with Crippen LogP contribution in [0.1, 0.15) is 12.8 Å². The molecule has 0 bridgehead atoms. The van der Waals surface area contributed by atoms with Crippen LogP contribution in [0.2, 0.25) is 0 Å². The lowest BCUT2D eigenvalue weighted by atomic mass is 10.3. The second-order valence-corrected chi connectivity index (χ2v) is 9.30. The predicted molar refractivity (Wildman–Crippen MR) is 120 cm³/mol. The lowest BCUT2D eigenvalue weighted by molar-refractivity contribution is -0.117. The Morgan fingerprint density at radius 3 is 2.97 bits per heavy atom. The quantitative estimate of drug-likeness (QED) is 0.396. The van der Waals surface area contributed by atoms with Gasteiger partial charge >= 0.3 is 0 Å². The minimum Gasteiger partial charge on any atom is -0.436 e. The molecule has 0 spiro atoms. The van der Waals surface area contributed by atoms with Gasteiger partial charge in [0, 0.05) is 23.1 Å². The van der Waals surface area contributed by atoms with Crippen LogP contribution in [0.5, 0.6) is 11.6 Å². The molecule has 1 aromatic carbocycles. The average molecular weight is 462 g/mol. The Bertz CT molecular complexity index is 1450. The van der Waals surface area contributed by atoms with Gasteiger partial charge in [-0.15, -0.1) is 15.3 Å². The molecule has 9 nitrogen and oxygen atoms in total. The molecule has 1 fully saturated rings. The zero-order valence-electron chi connectivity index (χ0n) is 16.5. The van der Waals surface area contributed by atoms with Gasteiger partial charge in [-0.3, -0.25) is 9.78 Å². The van der Waals surface area contributed by atoms with Gasteiger partial charge in [0.05, 0.1) is 16.4 Å². The maximum atomic E-state index is 12.0. The van der Waals surface area contributed by atoms with Gasteiger partial charge < -0.3 is 10.1 Å². The second-order valence-electron chi connectivity index (χ2n) is 7.23. The van der Waals surface area contributed by atoms with Crippen molar-refractivity contribution in [1.29, 1.82) is 0 Å². The highest BCUT2D eigenvalue weighted by Crippen LogP contribution is 2.35. The molecule has 0 saturated heterocycles. The number of amides is 1. The summed E-state index contributed by atoms with van der Waals surface area (Å²) in [4.78, 5) is 21.5. The number of anilines is 1. The van der Waals surface area contributed by atoms with E-state index in [9.17, 15) is 4.79 Å². The van der Waals surface area contributed by atoms with Crippen molar-refractivity contribution >= 4 is 50.0 Å². The predicted octanol–water partition coefficient (Wildman–Crippen LogP) is 4.42. The van der Waals surface area contributed by atoms with Crippen LogP contribution >= 0.6 is 23.1 Å². The Hall–Kier alpha value is -3.57. The van der Waals surface area contributed by atoms with Gasteiger partial charge in [0.1, 0.15) is 5.75 Å². The SMILES string of the molecule is O=C(Nc1nc2ccc(Sc3nnc4ccc(Oc5cccnc5)nn34)cc2s1)C1CC1. The summed E-state index contributed by atoms with van der Waals surface area (Å²) >= 11 is 2.91. The van der Waals surface area contributed by atoms with Gasteiger partial charge in [-0.2, -0.15) is 4.52 Å². The molecule has 0 unspecified atom stereocenters. The molecule has 1 saturated carbocycles. The lowest BCUT2D eigenvalue weighted by Crippen LogP contribution is -2.12. The molecule has 6 rings (SSSR count). The van der Waals surface area contributed by atoms with E-state index in [0.29, 0.717) is 27.6 Å². The van der Waals surface area contributed by atoms with Crippen LogP contribution in [0, 0.1) is 5.92 Å². The molecule has 1 N–H and O–H groups in total. The topological polar surface area (TPSA) is 107 Å². The fourth-order valence-electron chi connectivity index (χ4n) is 3.08. The number of nitrogens with one attached hydrogen (secondary N) is 1. The highest BCUT2D eigenvalue weighted by Gasteiger charge is 2.30. The number of nitrogens with zero attached hydrogens (tertiary/aromatic N) is 6. The molecule has 0 radical (unpaired) electrons. The molecule has 4 aromatic heterocycles. The van der Waals surface area contributed by atoms with Crippen molar-refractivity contribution in [2.24, 2.45) is 5.92 Å². The molecule has 1 aliphatic rings. The van der Waals surface area contributed by atoms with E-state index < -0.39 is 0 Å². The van der Waals surface area contributed by atoms with Crippen molar-refractivity contribution in [3.8, 4) is 11.6 Å². The summed E-state index contributed by atoms with van der Waals surface area (Å²) in [5.74, 6) is 1.22. The van der Waals surface area contributed by atoms with E-state index in [-0.39, 0.29) is 11.8 Å². The molecule has 158 valence electrons. The van der Waals surface area contributed by atoms with Crippen LogP contribution < -0.4 is 10.1 Å². The maximum Gasteiger partial charge on any atom is 0.237 e. The summed E-state index contributed by atoms with van der Waals surface area (Å²) in [6.45, 7) is 0. The summed E-state index contributed by atoms with van der Waals surface area (Å²) in [5, 5.41) is 17.1. The van der Waals surface area contributed by atoms with Crippen molar-refractivity contribution < 1.29 is 9.53 Å². The smallest absolute Gasteiger partial charge is 0.237 e. The van der Waals surface area contributed by atoms with Crippen molar-refractivity contribution in [3.05, 3.63) is 54.9 Å². The number of rotatable bonds is 6. The Kier molecular flexibility index (Phi) is 4.69. The van der Waals surface area contributed by atoms with Crippen LogP contribution in [0.25, 0.3) is 15.9 Å². The van der Waals surface area contributed by atoms with E-state index in [1.54, 1.807) is 35.1 Å². The fraction of sp³-hybridized carbons (Fsp3) is 0.143. The number of hydrogen-bond donors (Lipinski definition) is 1. The summed E-state index contributed by atoms with van der Waals surface area (Å²) in [5.41, 5.74) is 1.47. The van der Waals surface area contributed by atoms with E-state index in [0.717, 1.165) is 28.0 Å². The minimum absolute atomic E-state index is 0.0592. The molecular formula is C21H15N7O2S2. The van der Waals surface area contributed by atoms with Gasteiger partial charge in [0.15, 0.2) is 10.8 Å². The molecule has 1 amide bonds. The van der Waals surface area contributed by atoms with Crippen molar-refractivity contribution in [2.75, 3.05) is 5.32 Å². The molecule has 4 heterocycles. The molecular weight excluding hydrogens is 446 g/mol. The third-order valence-electron chi connectivity index (χ3n) is 4.81. The number of benzene rings is 1. The summed E-state index contributed by atoms with van der Waals surface area (Å²) in [6.07, 6.45) is 5.24. The lowest BCUT2D eigenvalue weighted by Gasteiger charge is -2.04. The number of carbonyl (C=O) groups excluding carboxylic acids is 1. The van der Waals surface area contributed by atoms with Gasteiger partial charge in [0.2, 0.25) is 16.9 Å². The third kappa shape index (κ3) is 3.87. The zero-order valence-corrected chi connectivity index (χ0v) is 18.1. The van der Waals surface area contributed by atoms with Crippen LogP contribution in [-0.2, 0) is 4.79 Å². The highest BCUT2D eigenvalue weighted by molar-refractivity contribution is 7.99. The van der Waals surface area contributed by atoms with Crippen molar-refractivity contribution in [3.63, 3.8) is 0 Å². The Labute approximate surface area is 189 Å². The van der Waals surface area contributed by atoms with E-state index in [4.69, 9.17) is 4.74 Å². The molecule has 11 heteroatoms. The summed E-state index contributed by atoms with van der Waals surface area (Å²) in [7, 11) is 0. The average Bonchev–Trinajstić information content (AvgIpc) is 3.48. The number of carbonyl (C=O) groups is 1. The minimum atomic E-state index is 0.0592. The maximum absolute atomic E-state index is 12.0. The number of thiazole rings is 1. The number of pyridine rings is 1. The molecule has 0 aliphatic heterocycles. The zero-order chi connectivity index (χ0) is 21.5. The molecule has 0 atom stereocenters. The fourth-order valence-corrected chi connectivity index (χ4v) is 4.89. The van der Waals surface area contributed by atoms with Crippen molar-refractivity contribution in [1.82, 2.24) is 29.8 Å². The number of fused-ring (bicyclic) bond motifs is 2. The molecule has 32 heavy (non-hydrogen) atoms. The van der Waals surface area contributed by atoms with Gasteiger partial charge in [-0.1, -0.05) is 11.3 Å². The van der Waals surface area contributed by atoms with Crippen LogP contribution in [0.4, 0.5) is 5.13 Å². The van der Waals surface area contributed by atoms with Gasteiger partial charge in [-0.05, 0) is 61.0 Å². The van der Waals surface area contributed by atoms with E-state index in [2.05, 4.69) is 30.6 Å². The standard InChI is InChI=1S/C21H15N7O2S2/c29-19(12-3-4-12)24-20-23-15-6-5-14(10-16(15)32-20)31-21-26-25-17-7-8-18(27-28(17)21)30-13-2-1-9-22-11-13/h1-2,5-12H,3-4H2,(H,23,24,29). The first-order chi connectivity index (χ1) is 15.7. The van der Waals surface area contributed by atoms with Crippen LogP contribution in [0.15, 0.2) is 64.9 Å². The monoisotopic (exact) mass is 461 g/mol. The number of aromatic nitrogens is 6. The first kappa shape index (κ1) is 19.1. The number of ether oxygens (including phenoxy) is 1. The first-order valence-corrected chi connectivity index (χ1v) is 11.5. The van der Waals surface area contributed by atoms with Crippen molar-refractivity contribution in [2.45, 2.75) is 22.9 Å². The summed E-state index contributed by atoms with van der Waals surface area (Å²) in [6, 6.07) is 13.1. The molecule has 1 aliphatic carbocycles.